The van der Waals surface area contributed by atoms with Gasteiger partial charge in [-0.05, 0) is 24.6 Å². The molecule has 7 heteroatoms. The lowest BCUT2D eigenvalue weighted by atomic mass is 10.1. The quantitative estimate of drug-likeness (QED) is 0.738. The molecule has 1 unspecified atom stereocenters. The highest BCUT2D eigenvalue weighted by Gasteiger charge is 2.17. The van der Waals surface area contributed by atoms with Gasteiger partial charge in [0, 0.05) is 50.7 Å². The molecule has 1 fully saturated rings. The molecule has 3 aromatic rings. The fourth-order valence-corrected chi connectivity index (χ4v) is 3.20. The van der Waals surface area contributed by atoms with Crippen LogP contribution in [0.1, 0.15) is 6.92 Å². The molecule has 0 aliphatic carbocycles. The molecule has 1 saturated heterocycles. The lowest BCUT2D eigenvalue weighted by Crippen LogP contribution is -2.49. The van der Waals surface area contributed by atoms with Gasteiger partial charge in [0.05, 0.1) is 10.9 Å². The molecule has 1 atom stereocenters. The molecular weight excluding hydrogens is 304 g/mol. The topological polar surface area (TPSA) is 78.8 Å². The molecule has 1 aliphatic rings. The number of aromatic amines is 1. The highest BCUT2D eigenvalue weighted by Crippen LogP contribution is 2.23. The molecule has 0 radical (unpaired) electrons. The SMILES string of the molecule is CC1CN(c2ncc(-c3ccc4c(=O)[nH]n(C)c4c3)cn2)CCN1. The Kier molecular flexibility index (Phi) is 3.57. The summed E-state index contributed by atoms with van der Waals surface area (Å²) in [6.45, 7) is 4.94. The van der Waals surface area contributed by atoms with E-state index in [0.717, 1.165) is 42.2 Å². The van der Waals surface area contributed by atoms with Gasteiger partial charge in [-0.3, -0.25) is 14.6 Å². The Bertz CT molecular complexity index is 926. The van der Waals surface area contributed by atoms with Crippen molar-refractivity contribution in [2.75, 3.05) is 24.5 Å². The summed E-state index contributed by atoms with van der Waals surface area (Å²) in [5, 5.41) is 6.87. The van der Waals surface area contributed by atoms with Crippen LogP contribution < -0.4 is 15.8 Å². The van der Waals surface area contributed by atoms with Crippen LogP contribution in [0.25, 0.3) is 22.0 Å². The lowest BCUT2D eigenvalue weighted by molar-refractivity contribution is 0.479. The first-order chi connectivity index (χ1) is 11.6. The number of hydrogen-bond donors (Lipinski definition) is 2. The van der Waals surface area contributed by atoms with Crippen LogP contribution in [-0.2, 0) is 7.05 Å². The van der Waals surface area contributed by atoms with Crippen molar-refractivity contribution in [1.82, 2.24) is 25.1 Å². The summed E-state index contributed by atoms with van der Waals surface area (Å²) >= 11 is 0. The van der Waals surface area contributed by atoms with Crippen LogP contribution in [-0.4, -0.2) is 45.4 Å². The van der Waals surface area contributed by atoms with Gasteiger partial charge in [-0.15, -0.1) is 0 Å². The molecule has 7 nitrogen and oxygen atoms in total. The standard InChI is InChI=1S/C17H20N6O/c1-11-10-23(6-5-18-11)17-19-8-13(9-20-17)12-3-4-14-15(7-12)22(2)21-16(14)24/h3-4,7-9,11,18H,5-6,10H2,1-2H3,(H,21,24). The van der Waals surface area contributed by atoms with Gasteiger partial charge in [-0.25, -0.2) is 9.97 Å². The summed E-state index contributed by atoms with van der Waals surface area (Å²) in [6.07, 6.45) is 3.70. The van der Waals surface area contributed by atoms with E-state index in [-0.39, 0.29) is 5.56 Å². The molecule has 0 bridgehead atoms. The molecule has 124 valence electrons. The summed E-state index contributed by atoms with van der Waals surface area (Å²) in [4.78, 5) is 23.0. The first-order valence-electron chi connectivity index (χ1n) is 8.11. The van der Waals surface area contributed by atoms with E-state index in [2.05, 4.69) is 32.2 Å². The van der Waals surface area contributed by atoms with Crippen molar-refractivity contribution in [2.45, 2.75) is 13.0 Å². The number of hydrogen-bond acceptors (Lipinski definition) is 5. The average molecular weight is 324 g/mol. The Morgan fingerprint density at radius 2 is 2.00 bits per heavy atom. The number of anilines is 1. The van der Waals surface area contributed by atoms with E-state index in [1.807, 2.05) is 37.6 Å². The molecule has 1 aromatic carbocycles. The van der Waals surface area contributed by atoms with Crippen molar-refractivity contribution in [3.8, 4) is 11.1 Å². The molecule has 3 heterocycles. The Balaban J connectivity index is 1.65. The summed E-state index contributed by atoms with van der Waals surface area (Å²) in [5.41, 5.74) is 2.74. The van der Waals surface area contributed by atoms with Crippen LogP contribution in [0.2, 0.25) is 0 Å². The highest BCUT2D eigenvalue weighted by molar-refractivity contribution is 5.84. The molecule has 0 saturated carbocycles. The molecule has 0 amide bonds. The Morgan fingerprint density at radius 1 is 1.21 bits per heavy atom. The number of aryl methyl sites for hydroxylation is 1. The normalized spacial score (nSPS) is 18.2. The maximum absolute atomic E-state index is 11.8. The van der Waals surface area contributed by atoms with Crippen LogP contribution in [0.15, 0.2) is 35.4 Å². The first-order valence-corrected chi connectivity index (χ1v) is 8.11. The zero-order chi connectivity index (χ0) is 16.7. The van der Waals surface area contributed by atoms with Gasteiger partial charge >= 0.3 is 0 Å². The molecule has 4 rings (SSSR count). The minimum atomic E-state index is -0.0709. The number of benzene rings is 1. The third-order valence-corrected chi connectivity index (χ3v) is 4.50. The molecule has 1 aliphatic heterocycles. The Morgan fingerprint density at radius 3 is 2.75 bits per heavy atom. The van der Waals surface area contributed by atoms with Crippen LogP contribution in [0.5, 0.6) is 0 Å². The van der Waals surface area contributed by atoms with Crippen molar-refractivity contribution in [3.05, 3.63) is 40.9 Å². The van der Waals surface area contributed by atoms with E-state index >= 15 is 0 Å². The summed E-state index contributed by atoms with van der Waals surface area (Å²) < 4.78 is 1.73. The largest absolute Gasteiger partial charge is 0.338 e. The van der Waals surface area contributed by atoms with E-state index in [0.29, 0.717) is 11.4 Å². The second-order valence-electron chi connectivity index (χ2n) is 6.30. The molecular formula is C17H20N6O. The van der Waals surface area contributed by atoms with Gasteiger partial charge in [0.25, 0.3) is 5.56 Å². The Hall–Kier alpha value is -2.67. The summed E-state index contributed by atoms with van der Waals surface area (Å²) in [5.74, 6) is 0.766. The zero-order valence-corrected chi connectivity index (χ0v) is 13.8. The first kappa shape index (κ1) is 14.9. The second kappa shape index (κ2) is 5.76. The second-order valence-corrected chi connectivity index (χ2v) is 6.30. The van der Waals surface area contributed by atoms with Gasteiger partial charge < -0.3 is 10.2 Å². The van der Waals surface area contributed by atoms with Gasteiger partial charge in [-0.2, -0.15) is 0 Å². The van der Waals surface area contributed by atoms with E-state index < -0.39 is 0 Å². The number of aromatic nitrogens is 4. The average Bonchev–Trinajstić information content (AvgIpc) is 2.89. The Labute approximate surface area is 139 Å². The number of piperazine rings is 1. The molecule has 0 spiro atoms. The smallest absolute Gasteiger partial charge is 0.271 e. The minimum absolute atomic E-state index is 0.0709. The fourth-order valence-electron chi connectivity index (χ4n) is 3.20. The van der Waals surface area contributed by atoms with Gasteiger partial charge in [0.1, 0.15) is 0 Å². The maximum Gasteiger partial charge on any atom is 0.271 e. The lowest BCUT2D eigenvalue weighted by Gasteiger charge is -2.31. The predicted molar refractivity (Wildman–Crippen MR) is 94.2 cm³/mol. The van der Waals surface area contributed by atoms with E-state index in [1.165, 1.54) is 0 Å². The molecule has 24 heavy (non-hydrogen) atoms. The maximum atomic E-state index is 11.8. The summed E-state index contributed by atoms with van der Waals surface area (Å²) in [7, 11) is 1.83. The third kappa shape index (κ3) is 2.56. The highest BCUT2D eigenvalue weighted by atomic mass is 16.1. The minimum Gasteiger partial charge on any atom is -0.338 e. The van der Waals surface area contributed by atoms with Gasteiger partial charge in [-0.1, -0.05) is 6.07 Å². The van der Waals surface area contributed by atoms with Crippen molar-refractivity contribution >= 4 is 16.9 Å². The number of rotatable bonds is 2. The summed E-state index contributed by atoms with van der Waals surface area (Å²) in [6, 6.07) is 6.20. The fraction of sp³-hybridized carbons (Fsp3) is 0.353. The monoisotopic (exact) mass is 324 g/mol. The predicted octanol–water partition coefficient (Wildman–Crippen LogP) is 1.12. The number of H-pyrrole nitrogens is 1. The van der Waals surface area contributed by atoms with Gasteiger partial charge in [0.15, 0.2) is 0 Å². The number of nitrogens with zero attached hydrogens (tertiary/aromatic N) is 4. The van der Waals surface area contributed by atoms with Crippen molar-refractivity contribution in [1.29, 1.82) is 0 Å². The van der Waals surface area contributed by atoms with E-state index in [4.69, 9.17) is 0 Å². The third-order valence-electron chi connectivity index (χ3n) is 4.50. The van der Waals surface area contributed by atoms with Crippen LogP contribution in [0.4, 0.5) is 5.95 Å². The van der Waals surface area contributed by atoms with Crippen LogP contribution >= 0.6 is 0 Å². The van der Waals surface area contributed by atoms with Crippen LogP contribution in [0, 0.1) is 0 Å². The number of nitrogens with one attached hydrogen (secondary N) is 2. The van der Waals surface area contributed by atoms with E-state index in [9.17, 15) is 4.79 Å². The van der Waals surface area contributed by atoms with Gasteiger partial charge in [0.2, 0.25) is 5.95 Å². The van der Waals surface area contributed by atoms with Crippen molar-refractivity contribution in [3.63, 3.8) is 0 Å². The van der Waals surface area contributed by atoms with E-state index in [1.54, 1.807) is 4.68 Å². The van der Waals surface area contributed by atoms with Crippen LogP contribution in [0.3, 0.4) is 0 Å². The molecule has 2 N–H and O–H groups in total. The number of fused-ring (bicyclic) bond motifs is 1. The zero-order valence-electron chi connectivity index (χ0n) is 13.8. The van der Waals surface area contributed by atoms with Crippen molar-refractivity contribution in [2.24, 2.45) is 7.05 Å². The van der Waals surface area contributed by atoms with Crippen molar-refractivity contribution < 1.29 is 0 Å². The molecule has 2 aromatic heterocycles.